The number of nitrogens with zero attached hydrogens (tertiary/aromatic N) is 3. The van der Waals surface area contributed by atoms with Gasteiger partial charge in [0, 0.05) is 11.3 Å². The SMILES string of the molecule is Cc1ccc(-c2cnc(SCC#N)n2-c2ccc(C)cc2)cc1. The van der Waals surface area contributed by atoms with Gasteiger partial charge in [-0.2, -0.15) is 5.26 Å². The lowest BCUT2D eigenvalue weighted by Crippen LogP contribution is -1.99. The van der Waals surface area contributed by atoms with E-state index in [2.05, 4.69) is 78.0 Å². The van der Waals surface area contributed by atoms with Gasteiger partial charge >= 0.3 is 0 Å². The highest BCUT2D eigenvalue weighted by Gasteiger charge is 2.14. The fourth-order valence-corrected chi connectivity index (χ4v) is 3.06. The topological polar surface area (TPSA) is 41.6 Å². The second kappa shape index (κ2) is 6.72. The molecule has 3 aromatic rings. The van der Waals surface area contributed by atoms with Gasteiger partial charge in [-0.05, 0) is 26.0 Å². The lowest BCUT2D eigenvalue weighted by Gasteiger charge is -2.12. The second-order valence-corrected chi connectivity index (χ2v) is 6.35. The van der Waals surface area contributed by atoms with Crippen molar-refractivity contribution in [2.45, 2.75) is 19.0 Å². The van der Waals surface area contributed by atoms with E-state index in [4.69, 9.17) is 5.26 Å². The van der Waals surface area contributed by atoms with Crippen LogP contribution in [0.2, 0.25) is 0 Å². The van der Waals surface area contributed by atoms with Gasteiger partial charge in [0.25, 0.3) is 0 Å². The van der Waals surface area contributed by atoms with Crippen LogP contribution in [0.3, 0.4) is 0 Å². The van der Waals surface area contributed by atoms with Gasteiger partial charge in [-0.3, -0.25) is 4.57 Å². The first-order chi connectivity index (χ1) is 11.2. The van der Waals surface area contributed by atoms with Crippen molar-refractivity contribution in [1.82, 2.24) is 9.55 Å². The summed E-state index contributed by atoms with van der Waals surface area (Å²) < 4.78 is 2.12. The van der Waals surface area contributed by atoms with Crippen molar-refractivity contribution in [3.05, 3.63) is 65.9 Å². The zero-order chi connectivity index (χ0) is 16.2. The smallest absolute Gasteiger partial charge is 0.174 e. The Kier molecular flexibility index (Phi) is 4.50. The van der Waals surface area contributed by atoms with Gasteiger partial charge in [-0.1, -0.05) is 59.3 Å². The van der Waals surface area contributed by atoms with Gasteiger partial charge < -0.3 is 0 Å². The number of aryl methyl sites for hydroxylation is 2. The van der Waals surface area contributed by atoms with Crippen LogP contribution in [-0.2, 0) is 0 Å². The minimum absolute atomic E-state index is 0.385. The first kappa shape index (κ1) is 15.4. The molecule has 3 nitrogen and oxygen atoms in total. The molecular weight excluding hydrogens is 302 g/mol. The Morgan fingerprint density at radius 2 is 1.61 bits per heavy atom. The molecule has 2 aromatic carbocycles. The third-order valence-electron chi connectivity index (χ3n) is 3.63. The molecule has 0 saturated carbocycles. The number of hydrogen-bond donors (Lipinski definition) is 0. The Morgan fingerprint density at radius 3 is 2.22 bits per heavy atom. The summed E-state index contributed by atoms with van der Waals surface area (Å²) in [6.07, 6.45) is 1.88. The largest absolute Gasteiger partial charge is 0.287 e. The lowest BCUT2D eigenvalue weighted by molar-refractivity contribution is 0.901. The van der Waals surface area contributed by atoms with Crippen LogP contribution >= 0.6 is 11.8 Å². The summed E-state index contributed by atoms with van der Waals surface area (Å²) in [6.45, 7) is 4.15. The van der Waals surface area contributed by atoms with Gasteiger partial charge in [0.2, 0.25) is 0 Å². The monoisotopic (exact) mass is 319 g/mol. The summed E-state index contributed by atoms with van der Waals surface area (Å²) in [5.41, 5.74) is 5.66. The van der Waals surface area contributed by atoms with Crippen molar-refractivity contribution < 1.29 is 0 Å². The maximum atomic E-state index is 8.87. The highest BCUT2D eigenvalue weighted by molar-refractivity contribution is 7.99. The van der Waals surface area contributed by atoms with Crippen LogP contribution < -0.4 is 0 Å². The van der Waals surface area contributed by atoms with Crippen LogP contribution in [0.15, 0.2) is 59.9 Å². The molecule has 0 aliphatic carbocycles. The standard InChI is InChI=1S/C19H17N3S/c1-14-3-7-16(8-4-14)18-13-21-19(23-12-11-20)22(18)17-9-5-15(2)6-10-17/h3-10,13H,12H2,1-2H3. The van der Waals surface area contributed by atoms with Gasteiger partial charge in [-0.25, -0.2) is 4.98 Å². The molecule has 0 unspecified atom stereocenters. The molecule has 4 heteroatoms. The fraction of sp³-hybridized carbons (Fsp3) is 0.158. The third-order valence-corrected chi connectivity index (χ3v) is 4.45. The quantitative estimate of drug-likeness (QED) is 0.650. The second-order valence-electron chi connectivity index (χ2n) is 5.41. The summed E-state index contributed by atoms with van der Waals surface area (Å²) in [5, 5.41) is 9.71. The van der Waals surface area contributed by atoms with E-state index in [1.165, 1.54) is 22.9 Å². The Labute approximate surface area is 140 Å². The predicted molar refractivity (Wildman–Crippen MR) is 94.8 cm³/mol. The molecule has 1 aromatic heterocycles. The first-order valence-corrected chi connectivity index (χ1v) is 8.39. The number of hydrogen-bond acceptors (Lipinski definition) is 3. The molecule has 0 fully saturated rings. The number of thioether (sulfide) groups is 1. The van der Waals surface area contributed by atoms with Crippen LogP contribution in [0.4, 0.5) is 0 Å². The molecule has 0 aliphatic rings. The molecule has 0 saturated heterocycles. The van der Waals surface area contributed by atoms with E-state index >= 15 is 0 Å². The van der Waals surface area contributed by atoms with Crippen LogP contribution in [0, 0.1) is 25.2 Å². The molecule has 0 spiro atoms. The summed E-state index contributed by atoms with van der Waals surface area (Å²) in [7, 11) is 0. The van der Waals surface area contributed by atoms with Crippen LogP contribution in [-0.4, -0.2) is 15.3 Å². The normalized spacial score (nSPS) is 10.5. The molecule has 0 bridgehead atoms. The maximum absolute atomic E-state index is 8.87. The van der Waals surface area contributed by atoms with Crippen molar-refractivity contribution in [2.75, 3.05) is 5.75 Å². The van der Waals surface area contributed by atoms with Crippen molar-refractivity contribution in [1.29, 1.82) is 5.26 Å². The average Bonchev–Trinajstić information content (AvgIpc) is 2.98. The fourth-order valence-electron chi connectivity index (χ4n) is 2.40. The molecule has 114 valence electrons. The lowest BCUT2D eigenvalue weighted by atomic mass is 10.1. The van der Waals surface area contributed by atoms with E-state index in [0.29, 0.717) is 5.75 Å². The van der Waals surface area contributed by atoms with Gasteiger partial charge in [0.05, 0.1) is 23.7 Å². The summed E-state index contributed by atoms with van der Waals surface area (Å²) in [6, 6.07) is 18.9. The molecule has 3 rings (SSSR count). The molecule has 0 amide bonds. The van der Waals surface area contributed by atoms with Crippen molar-refractivity contribution >= 4 is 11.8 Å². The highest BCUT2D eigenvalue weighted by Crippen LogP contribution is 2.30. The summed E-state index contributed by atoms with van der Waals surface area (Å²) in [4.78, 5) is 4.53. The van der Waals surface area contributed by atoms with E-state index in [-0.39, 0.29) is 0 Å². The maximum Gasteiger partial charge on any atom is 0.174 e. The van der Waals surface area contributed by atoms with Crippen LogP contribution in [0.5, 0.6) is 0 Å². The zero-order valence-electron chi connectivity index (χ0n) is 13.2. The number of benzene rings is 2. The predicted octanol–water partition coefficient (Wildman–Crippen LogP) is 4.77. The third kappa shape index (κ3) is 3.30. The number of aromatic nitrogens is 2. The van der Waals surface area contributed by atoms with Crippen LogP contribution in [0.1, 0.15) is 11.1 Å². The van der Waals surface area contributed by atoms with E-state index in [1.54, 1.807) is 0 Å². The van der Waals surface area contributed by atoms with Crippen molar-refractivity contribution in [2.24, 2.45) is 0 Å². The Balaban J connectivity index is 2.12. The number of imidazole rings is 1. The molecular formula is C19H17N3S. The Hall–Kier alpha value is -2.51. The average molecular weight is 319 g/mol. The first-order valence-electron chi connectivity index (χ1n) is 7.40. The number of nitriles is 1. The Morgan fingerprint density at radius 1 is 1.00 bits per heavy atom. The Bertz CT molecular complexity index is 840. The van der Waals surface area contributed by atoms with E-state index in [9.17, 15) is 0 Å². The molecule has 0 aliphatic heterocycles. The molecule has 0 radical (unpaired) electrons. The summed E-state index contributed by atoms with van der Waals surface area (Å²) in [5.74, 6) is 0.385. The molecule has 0 atom stereocenters. The molecule has 23 heavy (non-hydrogen) atoms. The minimum atomic E-state index is 0.385. The van der Waals surface area contributed by atoms with Gasteiger partial charge in [-0.15, -0.1) is 0 Å². The van der Waals surface area contributed by atoms with Crippen molar-refractivity contribution in [3.63, 3.8) is 0 Å². The van der Waals surface area contributed by atoms with Gasteiger partial charge in [0.1, 0.15) is 0 Å². The van der Waals surface area contributed by atoms with Crippen LogP contribution in [0.25, 0.3) is 16.9 Å². The summed E-state index contributed by atoms with van der Waals surface area (Å²) >= 11 is 1.46. The molecule has 0 N–H and O–H groups in total. The van der Waals surface area contributed by atoms with E-state index < -0.39 is 0 Å². The molecule has 1 heterocycles. The van der Waals surface area contributed by atoms with Gasteiger partial charge in [0.15, 0.2) is 5.16 Å². The van der Waals surface area contributed by atoms with E-state index in [0.717, 1.165) is 22.1 Å². The minimum Gasteiger partial charge on any atom is -0.287 e. The highest BCUT2D eigenvalue weighted by atomic mass is 32.2. The number of rotatable bonds is 4. The van der Waals surface area contributed by atoms with Crippen molar-refractivity contribution in [3.8, 4) is 23.0 Å². The van der Waals surface area contributed by atoms with E-state index in [1.807, 2.05) is 6.20 Å². The zero-order valence-corrected chi connectivity index (χ0v) is 14.0.